The van der Waals surface area contributed by atoms with Crippen LogP contribution in [0, 0.1) is 6.92 Å². The molecule has 0 bridgehead atoms. The molecular weight excluding hydrogens is 470 g/mol. The molecule has 0 radical (unpaired) electrons. The summed E-state index contributed by atoms with van der Waals surface area (Å²) in [5, 5.41) is 2.86. The number of hydrogen-bond acceptors (Lipinski definition) is 6. The van der Waals surface area contributed by atoms with E-state index < -0.39 is 5.92 Å². The Hall–Kier alpha value is -3.87. The van der Waals surface area contributed by atoms with Crippen molar-refractivity contribution in [3.8, 4) is 11.5 Å². The van der Waals surface area contributed by atoms with E-state index in [-0.39, 0.29) is 24.1 Å². The third-order valence-corrected chi connectivity index (χ3v) is 7.02. The summed E-state index contributed by atoms with van der Waals surface area (Å²) in [4.78, 5) is 38.6. The summed E-state index contributed by atoms with van der Waals surface area (Å²) in [6, 6.07) is 13.0. The molecule has 0 fully saturated rings. The first-order valence-electron chi connectivity index (χ1n) is 12.9. The van der Waals surface area contributed by atoms with Gasteiger partial charge in [-0.25, -0.2) is 0 Å². The van der Waals surface area contributed by atoms with Crippen LogP contribution in [0.3, 0.4) is 0 Å². The fourth-order valence-electron chi connectivity index (χ4n) is 5.29. The molecule has 0 aromatic heterocycles. The number of Topliss-reactive ketones (excluding diaryl/α,β-unsaturated/α-hetero) is 2. The summed E-state index contributed by atoms with van der Waals surface area (Å²) in [6.45, 7) is 4.00. The number of carbonyl (C=O) groups is 3. The number of ether oxygens (including phenoxy) is 3. The van der Waals surface area contributed by atoms with Crippen molar-refractivity contribution in [2.75, 3.05) is 18.5 Å². The lowest BCUT2D eigenvalue weighted by Crippen LogP contribution is -2.30. The van der Waals surface area contributed by atoms with Crippen molar-refractivity contribution in [1.29, 1.82) is 0 Å². The van der Waals surface area contributed by atoms with Crippen LogP contribution in [0.4, 0.5) is 5.69 Å². The second-order valence-electron chi connectivity index (χ2n) is 9.55. The van der Waals surface area contributed by atoms with Crippen LogP contribution in [0.25, 0.3) is 0 Å². The van der Waals surface area contributed by atoms with Crippen LogP contribution < -0.4 is 14.8 Å². The Balaban J connectivity index is 1.43. The molecule has 1 heterocycles. The molecule has 2 aromatic rings. The van der Waals surface area contributed by atoms with E-state index in [1.807, 2.05) is 50.2 Å². The zero-order valence-electron chi connectivity index (χ0n) is 21.2. The minimum absolute atomic E-state index is 0.0299. The average molecular weight is 502 g/mol. The van der Waals surface area contributed by atoms with Crippen LogP contribution in [0.15, 0.2) is 65.1 Å². The van der Waals surface area contributed by atoms with Gasteiger partial charge in [0.2, 0.25) is 0 Å². The van der Waals surface area contributed by atoms with E-state index in [0.717, 1.165) is 29.7 Å². The van der Waals surface area contributed by atoms with Gasteiger partial charge in [0.1, 0.15) is 11.5 Å². The molecule has 7 nitrogen and oxygen atoms in total. The number of nitrogens with one attached hydrogen (secondary N) is 1. The molecule has 192 valence electrons. The van der Waals surface area contributed by atoms with Gasteiger partial charge in [-0.15, -0.1) is 0 Å². The molecule has 0 saturated heterocycles. The van der Waals surface area contributed by atoms with Crippen LogP contribution in [-0.4, -0.2) is 30.7 Å². The maximum absolute atomic E-state index is 13.1. The molecule has 1 amide bonds. The first-order chi connectivity index (χ1) is 18.0. The Morgan fingerprint density at radius 1 is 0.919 bits per heavy atom. The average Bonchev–Trinajstić information content (AvgIpc) is 2.89. The zero-order valence-corrected chi connectivity index (χ0v) is 21.2. The van der Waals surface area contributed by atoms with E-state index in [4.69, 9.17) is 14.2 Å². The van der Waals surface area contributed by atoms with Gasteiger partial charge in [0.25, 0.3) is 5.91 Å². The minimum atomic E-state index is -0.475. The fraction of sp³-hybridized carbons (Fsp3) is 0.367. The van der Waals surface area contributed by atoms with Gasteiger partial charge < -0.3 is 19.5 Å². The second kappa shape index (κ2) is 10.6. The van der Waals surface area contributed by atoms with Gasteiger partial charge in [0.05, 0.1) is 6.61 Å². The van der Waals surface area contributed by atoms with Crippen molar-refractivity contribution >= 4 is 23.2 Å². The van der Waals surface area contributed by atoms with Crippen molar-refractivity contribution in [3.05, 3.63) is 76.3 Å². The number of para-hydroxylation sites is 1. The highest BCUT2D eigenvalue weighted by Crippen LogP contribution is 2.48. The maximum Gasteiger partial charge on any atom is 0.262 e. The molecule has 2 aliphatic carbocycles. The van der Waals surface area contributed by atoms with Gasteiger partial charge in [-0.1, -0.05) is 24.3 Å². The quantitative estimate of drug-likeness (QED) is 0.536. The van der Waals surface area contributed by atoms with E-state index in [1.165, 1.54) is 0 Å². The van der Waals surface area contributed by atoms with Crippen LogP contribution in [0.5, 0.6) is 11.5 Å². The highest BCUT2D eigenvalue weighted by molar-refractivity contribution is 6.05. The molecule has 0 unspecified atom stereocenters. The normalized spacial score (nSPS) is 17.7. The number of anilines is 1. The Bertz CT molecular complexity index is 1280. The molecule has 7 heteroatoms. The summed E-state index contributed by atoms with van der Waals surface area (Å²) in [5.74, 6) is 1.58. The number of carbonyl (C=O) groups excluding carboxylic acids is 3. The SMILES string of the molecule is CCOc1cc(C2C3=C(CCCC3=O)OC3=C2C(=O)CCC3)ccc1OCC(=O)Nc1ccccc1C. The molecule has 1 aliphatic heterocycles. The smallest absolute Gasteiger partial charge is 0.262 e. The number of allylic oxidation sites excluding steroid dienone is 4. The van der Waals surface area contributed by atoms with Crippen LogP contribution in [0.1, 0.15) is 62.5 Å². The number of amides is 1. The predicted octanol–water partition coefficient (Wildman–Crippen LogP) is 5.54. The molecule has 1 N–H and O–H groups in total. The van der Waals surface area contributed by atoms with Crippen molar-refractivity contribution in [1.82, 2.24) is 0 Å². The first kappa shape index (κ1) is 24.8. The molecule has 0 saturated carbocycles. The lowest BCUT2D eigenvalue weighted by Gasteiger charge is -2.36. The molecule has 3 aliphatic rings. The van der Waals surface area contributed by atoms with Crippen molar-refractivity contribution < 1.29 is 28.6 Å². The van der Waals surface area contributed by atoms with E-state index in [2.05, 4.69) is 5.32 Å². The molecular formula is C30H31NO6. The summed E-state index contributed by atoms with van der Waals surface area (Å²) < 4.78 is 17.8. The largest absolute Gasteiger partial charge is 0.490 e. The van der Waals surface area contributed by atoms with E-state index in [0.29, 0.717) is 66.5 Å². The van der Waals surface area contributed by atoms with E-state index in [9.17, 15) is 14.4 Å². The number of aryl methyl sites for hydroxylation is 1. The topological polar surface area (TPSA) is 90.9 Å². The molecule has 2 aromatic carbocycles. The summed E-state index contributed by atoms with van der Waals surface area (Å²) in [6.07, 6.45) is 3.79. The van der Waals surface area contributed by atoms with Crippen LogP contribution in [-0.2, 0) is 19.1 Å². The Kier molecular flexibility index (Phi) is 7.12. The first-order valence-corrected chi connectivity index (χ1v) is 12.9. The zero-order chi connectivity index (χ0) is 25.9. The third-order valence-electron chi connectivity index (χ3n) is 7.02. The maximum atomic E-state index is 13.1. The highest BCUT2D eigenvalue weighted by atomic mass is 16.5. The highest BCUT2D eigenvalue weighted by Gasteiger charge is 2.42. The van der Waals surface area contributed by atoms with Crippen molar-refractivity contribution in [2.45, 2.75) is 58.3 Å². The van der Waals surface area contributed by atoms with Gasteiger partial charge >= 0.3 is 0 Å². The molecule has 37 heavy (non-hydrogen) atoms. The third kappa shape index (κ3) is 5.03. The number of benzene rings is 2. The lowest BCUT2D eigenvalue weighted by molar-refractivity contribution is -0.119. The standard InChI is InChI=1S/C30H31NO6/c1-3-35-26-16-19(14-15-23(26)36-17-27(34)31-20-9-5-4-8-18(20)2)28-29-21(32)10-6-12-24(29)37-25-13-7-11-22(33)30(25)28/h4-5,8-9,14-16,28H,3,6-7,10-13,17H2,1-2H3,(H,31,34). The van der Waals surface area contributed by atoms with Gasteiger partial charge in [-0.3, -0.25) is 14.4 Å². The Morgan fingerprint density at radius 2 is 1.59 bits per heavy atom. The predicted molar refractivity (Wildman–Crippen MR) is 139 cm³/mol. The van der Waals surface area contributed by atoms with Gasteiger partial charge in [-0.2, -0.15) is 0 Å². The summed E-state index contributed by atoms with van der Waals surface area (Å²) >= 11 is 0. The minimum Gasteiger partial charge on any atom is -0.490 e. The van der Waals surface area contributed by atoms with Crippen molar-refractivity contribution in [3.63, 3.8) is 0 Å². The van der Waals surface area contributed by atoms with E-state index >= 15 is 0 Å². The van der Waals surface area contributed by atoms with E-state index in [1.54, 1.807) is 6.07 Å². The van der Waals surface area contributed by atoms with Crippen LogP contribution >= 0.6 is 0 Å². The number of ketones is 2. The number of rotatable bonds is 7. The lowest BCUT2D eigenvalue weighted by atomic mass is 9.73. The van der Waals surface area contributed by atoms with Gasteiger partial charge in [-0.05, 0) is 56.0 Å². The Morgan fingerprint density at radius 3 is 2.24 bits per heavy atom. The summed E-state index contributed by atoms with van der Waals surface area (Å²) in [5.41, 5.74) is 3.67. The van der Waals surface area contributed by atoms with Crippen molar-refractivity contribution in [2.24, 2.45) is 0 Å². The molecule has 5 rings (SSSR count). The van der Waals surface area contributed by atoms with Gasteiger partial charge in [0.15, 0.2) is 29.7 Å². The fourth-order valence-corrected chi connectivity index (χ4v) is 5.29. The second-order valence-corrected chi connectivity index (χ2v) is 9.55. The molecule has 0 spiro atoms. The van der Waals surface area contributed by atoms with Crippen LogP contribution in [0.2, 0.25) is 0 Å². The molecule has 0 atom stereocenters. The monoisotopic (exact) mass is 501 g/mol. The summed E-state index contributed by atoms with van der Waals surface area (Å²) in [7, 11) is 0. The van der Waals surface area contributed by atoms with Gasteiger partial charge in [0, 0.05) is 48.4 Å². The Labute approximate surface area is 216 Å². The number of hydrogen-bond donors (Lipinski definition) is 1.